The number of halogens is 1. The van der Waals surface area contributed by atoms with Crippen molar-refractivity contribution in [2.45, 2.75) is 5.54 Å². The molecule has 6 heteroatoms. The van der Waals surface area contributed by atoms with Gasteiger partial charge in [-0.15, -0.1) is 12.4 Å². The summed E-state index contributed by atoms with van der Waals surface area (Å²) in [6, 6.07) is 0. The first-order valence-corrected chi connectivity index (χ1v) is 4.44. The van der Waals surface area contributed by atoms with Gasteiger partial charge in [-0.2, -0.15) is 0 Å². The normalized spacial score (nSPS) is 32.1. The van der Waals surface area contributed by atoms with Crippen molar-refractivity contribution in [1.29, 1.82) is 0 Å². The molecule has 0 saturated carbocycles. The zero-order valence-electron chi connectivity index (χ0n) is 7.90. The lowest BCUT2D eigenvalue weighted by molar-refractivity contribution is -0.175. The summed E-state index contributed by atoms with van der Waals surface area (Å²) < 4.78 is 10.5. The number of hydrogen-bond acceptors (Lipinski definition) is 4. The predicted molar refractivity (Wildman–Crippen MR) is 52.4 cm³/mol. The molecule has 2 N–H and O–H groups in total. The highest BCUT2D eigenvalue weighted by Crippen LogP contribution is 2.23. The van der Waals surface area contributed by atoms with Crippen LogP contribution in [-0.4, -0.2) is 55.9 Å². The fraction of sp³-hybridized carbons (Fsp3) is 0.875. The van der Waals surface area contributed by atoms with E-state index in [4.69, 9.17) is 15.2 Å². The van der Waals surface area contributed by atoms with Crippen LogP contribution >= 0.6 is 12.4 Å². The molecule has 2 fully saturated rings. The molecule has 1 atom stereocenters. The van der Waals surface area contributed by atoms with Crippen molar-refractivity contribution in [2.24, 2.45) is 5.73 Å². The molecule has 2 saturated heterocycles. The van der Waals surface area contributed by atoms with E-state index in [0.29, 0.717) is 32.9 Å². The quantitative estimate of drug-likeness (QED) is 0.618. The Kier molecular flexibility index (Phi) is 3.71. The summed E-state index contributed by atoms with van der Waals surface area (Å²) in [5.74, 6) is 0.0278. The van der Waals surface area contributed by atoms with Crippen molar-refractivity contribution < 1.29 is 14.3 Å². The standard InChI is InChI=1S/C8H14N2O3.ClH/c9-4-8-5-12-2-1-10(8)7(11)3-13-6-8;/h1-6,9H2;1H. The van der Waals surface area contributed by atoms with Crippen LogP contribution in [0.5, 0.6) is 0 Å². The lowest BCUT2D eigenvalue weighted by Crippen LogP contribution is -2.68. The number of nitrogens with zero attached hydrogens (tertiary/aromatic N) is 1. The molecular weight excluding hydrogens is 208 g/mol. The van der Waals surface area contributed by atoms with Gasteiger partial charge in [-0.1, -0.05) is 0 Å². The van der Waals surface area contributed by atoms with Gasteiger partial charge in [0.05, 0.1) is 19.8 Å². The first kappa shape index (κ1) is 11.7. The van der Waals surface area contributed by atoms with E-state index in [1.54, 1.807) is 4.90 Å². The van der Waals surface area contributed by atoms with E-state index >= 15 is 0 Å². The highest BCUT2D eigenvalue weighted by Gasteiger charge is 2.44. The highest BCUT2D eigenvalue weighted by atomic mass is 35.5. The summed E-state index contributed by atoms with van der Waals surface area (Å²) in [7, 11) is 0. The minimum Gasteiger partial charge on any atom is -0.377 e. The second-order valence-electron chi connectivity index (χ2n) is 3.52. The molecule has 0 bridgehead atoms. The Morgan fingerprint density at radius 2 is 2.14 bits per heavy atom. The second-order valence-corrected chi connectivity index (χ2v) is 3.52. The van der Waals surface area contributed by atoms with E-state index in [0.717, 1.165) is 0 Å². The van der Waals surface area contributed by atoms with Crippen molar-refractivity contribution in [3.63, 3.8) is 0 Å². The lowest BCUT2D eigenvalue weighted by atomic mass is 9.96. The third-order valence-corrected chi connectivity index (χ3v) is 2.68. The largest absolute Gasteiger partial charge is 0.377 e. The van der Waals surface area contributed by atoms with Crippen LogP contribution in [0.1, 0.15) is 0 Å². The molecule has 0 spiro atoms. The van der Waals surface area contributed by atoms with Crippen molar-refractivity contribution in [2.75, 3.05) is 39.5 Å². The maximum absolute atomic E-state index is 11.5. The van der Waals surface area contributed by atoms with Crippen molar-refractivity contribution in [3.8, 4) is 0 Å². The van der Waals surface area contributed by atoms with Crippen LogP contribution in [0.15, 0.2) is 0 Å². The SMILES string of the molecule is Cl.NCC12COCCN1C(=O)COC2. The van der Waals surface area contributed by atoms with Gasteiger partial charge in [0.2, 0.25) is 5.91 Å². The van der Waals surface area contributed by atoms with Crippen molar-refractivity contribution in [3.05, 3.63) is 0 Å². The fourth-order valence-electron chi connectivity index (χ4n) is 1.88. The number of morpholine rings is 2. The third kappa shape index (κ3) is 1.72. The molecular formula is C8H15ClN2O3. The maximum atomic E-state index is 11.5. The molecule has 0 radical (unpaired) electrons. The van der Waals surface area contributed by atoms with Crippen LogP contribution in [0.25, 0.3) is 0 Å². The summed E-state index contributed by atoms with van der Waals surface area (Å²) in [5.41, 5.74) is 5.26. The van der Waals surface area contributed by atoms with E-state index < -0.39 is 5.54 Å². The van der Waals surface area contributed by atoms with Crippen LogP contribution in [0.3, 0.4) is 0 Å². The zero-order chi connectivity index (χ0) is 9.31. The first-order valence-electron chi connectivity index (χ1n) is 4.44. The Hall–Kier alpha value is -0.360. The summed E-state index contributed by atoms with van der Waals surface area (Å²) in [5, 5.41) is 0. The van der Waals surface area contributed by atoms with Gasteiger partial charge in [-0.3, -0.25) is 4.79 Å². The molecule has 2 rings (SSSR count). The predicted octanol–water partition coefficient (Wildman–Crippen LogP) is -1.01. The van der Waals surface area contributed by atoms with Gasteiger partial charge in [0.1, 0.15) is 12.1 Å². The van der Waals surface area contributed by atoms with Crippen molar-refractivity contribution >= 4 is 18.3 Å². The molecule has 14 heavy (non-hydrogen) atoms. The van der Waals surface area contributed by atoms with Gasteiger partial charge in [-0.25, -0.2) is 0 Å². The van der Waals surface area contributed by atoms with Crippen LogP contribution in [0.4, 0.5) is 0 Å². The van der Waals surface area contributed by atoms with Crippen molar-refractivity contribution in [1.82, 2.24) is 4.90 Å². The zero-order valence-corrected chi connectivity index (χ0v) is 8.72. The summed E-state index contributed by atoms with van der Waals surface area (Å²) in [6.45, 7) is 2.82. The molecule has 2 aliphatic heterocycles. The average Bonchev–Trinajstić information content (AvgIpc) is 2.18. The van der Waals surface area contributed by atoms with Gasteiger partial charge >= 0.3 is 0 Å². The van der Waals surface area contributed by atoms with E-state index in [1.807, 2.05) is 0 Å². The number of carbonyl (C=O) groups excluding carboxylic acids is 1. The van der Waals surface area contributed by atoms with Crippen LogP contribution in [0.2, 0.25) is 0 Å². The van der Waals surface area contributed by atoms with Crippen LogP contribution in [-0.2, 0) is 14.3 Å². The van der Waals surface area contributed by atoms with Gasteiger partial charge in [-0.05, 0) is 0 Å². The minimum atomic E-state index is -0.395. The Labute approximate surface area is 88.9 Å². The average molecular weight is 223 g/mol. The molecule has 1 unspecified atom stereocenters. The Morgan fingerprint density at radius 3 is 2.79 bits per heavy atom. The molecule has 1 amide bonds. The lowest BCUT2D eigenvalue weighted by Gasteiger charge is -2.48. The Morgan fingerprint density at radius 1 is 1.43 bits per heavy atom. The molecule has 0 aromatic heterocycles. The smallest absolute Gasteiger partial charge is 0.249 e. The number of fused-ring (bicyclic) bond motifs is 1. The molecule has 2 aliphatic rings. The highest BCUT2D eigenvalue weighted by molar-refractivity contribution is 5.85. The van der Waals surface area contributed by atoms with Crippen LogP contribution < -0.4 is 5.73 Å². The number of rotatable bonds is 1. The fourth-order valence-corrected chi connectivity index (χ4v) is 1.88. The number of amides is 1. The van der Waals surface area contributed by atoms with Gasteiger partial charge in [0, 0.05) is 13.1 Å². The summed E-state index contributed by atoms with van der Waals surface area (Å²) in [6.07, 6.45) is 0. The minimum absolute atomic E-state index is 0. The number of carbonyl (C=O) groups is 1. The van der Waals surface area contributed by atoms with E-state index in [9.17, 15) is 4.79 Å². The van der Waals surface area contributed by atoms with E-state index in [2.05, 4.69) is 0 Å². The monoisotopic (exact) mass is 222 g/mol. The Balaban J connectivity index is 0.000000980. The summed E-state index contributed by atoms with van der Waals surface area (Å²) in [4.78, 5) is 13.3. The van der Waals surface area contributed by atoms with E-state index in [-0.39, 0.29) is 24.9 Å². The molecule has 5 nitrogen and oxygen atoms in total. The maximum Gasteiger partial charge on any atom is 0.249 e. The Bertz CT molecular complexity index is 223. The second kappa shape index (κ2) is 4.44. The first-order chi connectivity index (χ1) is 6.28. The molecule has 0 aromatic rings. The molecule has 0 aromatic carbocycles. The van der Waals surface area contributed by atoms with Crippen LogP contribution in [0, 0.1) is 0 Å². The van der Waals surface area contributed by atoms with Gasteiger partial charge in [0.15, 0.2) is 0 Å². The third-order valence-electron chi connectivity index (χ3n) is 2.68. The van der Waals surface area contributed by atoms with Gasteiger partial charge in [0.25, 0.3) is 0 Å². The summed E-state index contributed by atoms with van der Waals surface area (Å²) >= 11 is 0. The molecule has 82 valence electrons. The topological polar surface area (TPSA) is 64.8 Å². The number of nitrogens with two attached hydrogens (primary N) is 1. The molecule has 2 heterocycles. The number of ether oxygens (including phenoxy) is 2. The van der Waals surface area contributed by atoms with Gasteiger partial charge < -0.3 is 20.1 Å². The number of hydrogen-bond donors (Lipinski definition) is 1. The van der Waals surface area contributed by atoms with E-state index in [1.165, 1.54) is 0 Å². The molecule has 0 aliphatic carbocycles.